The average Bonchev–Trinajstić information content (AvgIpc) is 2.22. The summed E-state index contributed by atoms with van der Waals surface area (Å²) in [6.45, 7) is 7.14. The zero-order valence-corrected chi connectivity index (χ0v) is 13.1. The molecule has 0 unspecified atom stereocenters. The van der Waals surface area contributed by atoms with Gasteiger partial charge in [-0.2, -0.15) is 4.98 Å². The molecule has 0 aliphatic carbocycles. The molecule has 0 saturated heterocycles. The van der Waals surface area contributed by atoms with Gasteiger partial charge in [0.2, 0.25) is 5.95 Å². The number of nitrogens with zero attached hydrogens (tertiary/aromatic N) is 4. The van der Waals surface area contributed by atoms with Gasteiger partial charge in [-0.15, -0.1) is 0 Å². The standard InChI is InChI=1S/C12H22BrN5/c1-9(2)8-18(6-5-17(3)4)12-15-10(13)7-11(14)16-12/h7,9H,5-6,8H2,1-4H3,(H2,14,15,16). The molecule has 18 heavy (non-hydrogen) atoms. The van der Waals surface area contributed by atoms with Gasteiger partial charge in [0.25, 0.3) is 0 Å². The summed E-state index contributed by atoms with van der Waals surface area (Å²) in [4.78, 5) is 13.0. The molecular formula is C12H22BrN5. The van der Waals surface area contributed by atoms with Crippen LogP contribution in [0.5, 0.6) is 0 Å². The third-order valence-electron chi connectivity index (χ3n) is 2.39. The van der Waals surface area contributed by atoms with Crippen molar-refractivity contribution in [3.8, 4) is 0 Å². The van der Waals surface area contributed by atoms with Gasteiger partial charge in [-0.25, -0.2) is 4.98 Å². The Morgan fingerprint density at radius 3 is 2.44 bits per heavy atom. The van der Waals surface area contributed by atoms with Crippen molar-refractivity contribution < 1.29 is 0 Å². The molecule has 0 fully saturated rings. The lowest BCUT2D eigenvalue weighted by Crippen LogP contribution is -2.35. The van der Waals surface area contributed by atoms with Crippen molar-refractivity contribution >= 4 is 27.7 Å². The summed E-state index contributed by atoms with van der Waals surface area (Å²) in [6, 6.07) is 1.71. The van der Waals surface area contributed by atoms with E-state index < -0.39 is 0 Å². The van der Waals surface area contributed by atoms with Gasteiger partial charge in [-0.1, -0.05) is 13.8 Å². The zero-order chi connectivity index (χ0) is 13.7. The number of hydrogen-bond acceptors (Lipinski definition) is 5. The maximum Gasteiger partial charge on any atom is 0.228 e. The predicted molar refractivity (Wildman–Crippen MR) is 79.7 cm³/mol. The second-order valence-corrected chi connectivity index (χ2v) is 5.87. The van der Waals surface area contributed by atoms with Gasteiger partial charge in [0.1, 0.15) is 10.4 Å². The first-order valence-electron chi connectivity index (χ1n) is 6.08. The number of likely N-dealkylation sites (N-methyl/N-ethyl adjacent to an activating group) is 1. The van der Waals surface area contributed by atoms with Gasteiger partial charge in [-0.05, 0) is 35.9 Å². The third kappa shape index (κ3) is 5.18. The molecule has 0 spiro atoms. The molecule has 0 saturated carbocycles. The smallest absolute Gasteiger partial charge is 0.228 e. The SMILES string of the molecule is CC(C)CN(CCN(C)C)c1nc(N)cc(Br)n1. The van der Waals surface area contributed by atoms with Crippen LogP contribution < -0.4 is 10.6 Å². The predicted octanol–water partition coefficient (Wildman–Crippen LogP) is 1.85. The second-order valence-electron chi connectivity index (χ2n) is 5.06. The Bertz CT molecular complexity index is 360. The number of nitrogens with two attached hydrogens (primary N) is 1. The van der Waals surface area contributed by atoms with E-state index in [2.05, 4.69) is 63.6 Å². The average molecular weight is 316 g/mol. The first kappa shape index (κ1) is 15.2. The number of aromatic nitrogens is 2. The van der Waals surface area contributed by atoms with E-state index in [1.807, 2.05) is 0 Å². The van der Waals surface area contributed by atoms with Crippen molar-refractivity contribution in [3.05, 3.63) is 10.7 Å². The lowest BCUT2D eigenvalue weighted by molar-refractivity contribution is 0.407. The van der Waals surface area contributed by atoms with Gasteiger partial charge in [0.05, 0.1) is 0 Å². The quantitative estimate of drug-likeness (QED) is 0.812. The molecule has 1 heterocycles. The molecule has 0 aliphatic heterocycles. The van der Waals surface area contributed by atoms with Gasteiger partial charge >= 0.3 is 0 Å². The number of halogens is 1. The number of nitrogen functional groups attached to an aromatic ring is 1. The molecule has 1 aromatic rings. The summed E-state index contributed by atoms with van der Waals surface area (Å²) in [5.41, 5.74) is 5.77. The fourth-order valence-electron chi connectivity index (χ4n) is 1.60. The van der Waals surface area contributed by atoms with Crippen LogP contribution in [0, 0.1) is 5.92 Å². The van der Waals surface area contributed by atoms with Crippen molar-refractivity contribution in [3.63, 3.8) is 0 Å². The molecule has 2 N–H and O–H groups in total. The lowest BCUT2D eigenvalue weighted by Gasteiger charge is -2.26. The van der Waals surface area contributed by atoms with Crippen LogP contribution in [0.3, 0.4) is 0 Å². The highest BCUT2D eigenvalue weighted by Gasteiger charge is 2.13. The monoisotopic (exact) mass is 315 g/mol. The van der Waals surface area contributed by atoms with Crippen LogP contribution in [0.4, 0.5) is 11.8 Å². The second kappa shape index (κ2) is 6.89. The molecule has 102 valence electrons. The first-order valence-corrected chi connectivity index (χ1v) is 6.87. The molecule has 1 rings (SSSR count). The minimum Gasteiger partial charge on any atom is -0.383 e. The summed E-state index contributed by atoms with van der Waals surface area (Å²) in [5, 5.41) is 0. The van der Waals surface area contributed by atoms with Gasteiger partial charge in [0, 0.05) is 25.7 Å². The topological polar surface area (TPSA) is 58.3 Å². The molecule has 5 nitrogen and oxygen atoms in total. The summed E-state index contributed by atoms with van der Waals surface area (Å²) in [6.07, 6.45) is 0. The molecular weight excluding hydrogens is 294 g/mol. The Morgan fingerprint density at radius 2 is 1.94 bits per heavy atom. The maximum absolute atomic E-state index is 5.77. The Balaban J connectivity index is 2.86. The lowest BCUT2D eigenvalue weighted by atomic mass is 10.2. The normalized spacial score (nSPS) is 11.3. The third-order valence-corrected chi connectivity index (χ3v) is 2.79. The molecule has 0 atom stereocenters. The molecule has 1 aromatic heterocycles. The number of hydrogen-bond donors (Lipinski definition) is 1. The van der Waals surface area contributed by atoms with E-state index >= 15 is 0 Å². The van der Waals surface area contributed by atoms with Crippen molar-refractivity contribution in [2.75, 3.05) is 44.4 Å². The van der Waals surface area contributed by atoms with E-state index in [0.717, 1.165) is 24.2 Å². The Labute approximate surface area is 118 Å². The fourth-order valence-corrected chi connectivity index (χ4v) is 1.99. The zero-order valence-electron chi connectivity index (χ0n) is 11.5. The van der Waals surface area contributed by atoms with Crippen LogP contribution >= 0.6 is 15.9 Å². The van der Waals surface area contributed by atoms with Crippen molar-refractivity contribution in [2.45, 2.75) is 13.8 Å². The van der Waals surface area contributed by atoms with Crippen LogP contribution in [0.2, 0.25) is 0 Å². The molecule has 0 aliphatic rings. The highest BCUT2D eigenvalue weighted by molar-refractivity contribution is 9.10. The van der Waals surface area contributed by atoms with Crippen LogP contribution in [0.1, 0.15) is 13.8 Å². The highest BCUT2D eigenvalue weighted by atomic mass is 79.9. The highest BCUT2D eigenvalue weighted by Crippen LogP contribution is 2.16. The minimum absolute atomic E-state index is 0.491. The van der Waals surface area contributed by atoms with E-state index in [-0.39, 0.29) is 0 Å². The molecule has 0 radical (unpaired) electrons. The van der Waals surface area contributed by atoms with Crippen molar-refractivity contribution in [1.82, 2.24) is 14.9 Å². The Kier molecular flexibility index (Phi) is 5.81. The molecule has 0 bridgehead atoms. The summed E-state index contributed by atoms with van der Waals surface area (Å²) in [5.74, 6) is 1.74. The molecule has 6 heteroatoms. The Hall–Kier alpha value is -0.880. The van der Waals surface area contributed by atoms with E-state index in [9.17, 15) is 0 Å². The molecule has 0 aromatic carbocycles. The van der Waals surface area contributed by atoms with E-state index in [1.165, 1.54) is 0 Å². The van der Waals surface area contributed by atoms with Crippen LogP contribution in [0.25, 0.3) is 0 Å². The van der Waals surface area contributed by atoms with Crippen molar-refractivity contribution in [1.29, 1.82) is 0 Å². The largest absolute Gasteiger partial charge is 0.383 e. The van der Waals surface area contributed by atoms with Gasteiger partial charge in [0.15, 0.2) is 0 Å². The van der Waals surface area contributed by atoms with Gasteiger partial charge in [-0.3, -0.25) is 0 Å². The summed E-state index contributed by atoms with van der Waals surface area (Å²) >= 11 is 3.36. The summed E-state index contributed by atoms with van der Waals surface area (Å²) < 4.78 is 0.726. The number of rotatable bonds is 6. The van der Waals surface area contributed by atoms with E-state index in [1.54, 1.807) is 6.07 Å². The number of anilines is 2. The van der Waals surface area contributed by atoms with E-state index in [4.69, 9.17) is 5.73 Å². The van der Waals surface area contributed by atoms with E-state index in [0.29, 0.717) is 17.7 Å². The van der Waals surface area contributed by atoms with Crippen LogP contribution in [-0.2, 0) is 0 Å². The van der Waals surface area contributed by atoms with Crippen molar-refractivity contribution in [2.24, 2.45) is 5.92 Å². The van der Waals surface area contributed by atoms with Gasteiger partial charge < -0.3 is 15.5 Å². The summed E-state index contributed by atoms with van der Waals surface area (Å²) in [7, 11) is 4.12. The molecule has 0 amide bonds. The van der Waals surface area contributed by atoms with Crippen LogP contribution in [-0.4, -0.2) is 48.6 Å². The van der Waals surface area contributed by atoms with Crippen LogP contribution in [0.15, 0.2) is 10.7 Å². The fraction of sp³-hybridized carbons (Fsp3) is 0.667. The maximum atomic E-state index is 5.77. The first-order chi connectivity index (χ1) is 8.38. The Morgan fingerprint density at radius 1 is 1.28 bits per heavy atom. The minimum atomic E-state index is 0.491.